The third-order valence-electron chi connectivity index (χ3n) is 2.07. The van der Waals surface area contributed by atoms with Crippen LogP contribution in [0.2, 0.25) is 5.02 Å². The number of aldehydes is 1. The van der Waals surface area contributed by atoms with Crippen LogP contribution in [0.5, 0.6) is 0 Å². The summed E-state index contributed by atoms with van der Waals surface area (Å²) >= 11 is 5.77. The standard InChI is InChI=1S/C11H9ClN2O/c12-9-3-1-8(2-4-9)5-10-6-13-11(7-15)14-10/h1-4,6-7H,5H2,(H,13,14). The van der Waals surface area contributed by atoms with E-state index in [0.29, 0.717) is 12.1 Å². The summed E-state index contributed by atoms with van der Waals surface area (Å²) in [5.74, 6) is 0.360. The number of H-pyrrole nitrogens is 1. The van der Waals surface area contributed by atoms with Crippen LogP contribution in [0.3, 0.4) is 0 Å². The molecule has 3 nitrogen and oxygen atoms in total. The van der Waals surface area contributed by atoms with E-state index in [1.165, 1.54) is 0 Å². The molecule has 0 unspecified atom stereocenters. The molecule has 2 rings (SSSR count). The van der Waals surface area contributed by atoms with E-state index in [0.717, 1.165) is 22.7 Å². The Kier molecular flexibility index (Phi) is 2.83. The Bertz CT molecular complexity index is 462. The zero-order chi connectivity index (χ0) is 10.7. The minimum atomic E-state index is 0.360. The Morgan fingerprint density at radius 3 is 2.67 bits per heavy atom. The van der Waals surface area contributed by atoms with E-state index in [2.05, 4.69) is 9.97 Å². The molecular formula is C11H9ClN2O. The Morgan fingerprint density at radius 2 is 2.07 bits per heavy atom. The van der Waals surface area contributed by atoms with Crippen molar-refractivity contribution in [1.29, 1.82) is 0 Å². The van der Waals surface area contributed by atoms with Crippen LogP contribution in [-0.4, -0.2) is 16.3 Å². The van der Waals surface area contributed by atoms with Gasteiger partial charge in [-0.2, -0.15) is 0 Å². The average molecular weight is 221 g/mol. The van der Waals surface area contributed by atoms with Gasteiger partial charge in [-0.15, -0.1) is 0 Å². The summed E-state index contributed by atoms with van der Waals surface area (Å²) in [6.45, 7) is 0. The predicted molar refractivity (Wildman–Crippen MR) is 58.2 cm³/mol. The molecule has 0 aliphatic carbocycles. The molecule has 0 saturated carbocycles. The molecule has 1 N–H and O–H groups in total. The van der Waals surface area contributed by atoms with Crippen LogP contribution in [0.25, 0.3) is 0 Å². The zero-order valence-electron chi connectivity index (χ0n) is 7.90. The summed E-state index contributed by atoms with van der Waals surface area (Å²) in [4.78, 5) is 17.2. The first-order valence-electron chi connectivity index (χ1n) is 4.51. The summed E-state index contributed by atoms with van der Waals surface area (Å²) in [6, 6.07) is 7.58. The highest BCUT2D eigenvalue weighted by atomic mass is 35.5. The van der Waals surface area contributed by atoms with Crippen molar-refractivity contribution in [2.45, 2.75) is 6.42 Å². The monoisotopic (exact) mass is 220 g/mol. The number of benzene rings is 1. The molecule has 4 heteroatoms. The van der Waals surface area contributed by atoms with E-state index in [1.807, 2.05) is 24.3 Å². The van der Waals surface area contributed by atoms with E-state index < -0.39 is 0 Å². The number of hydrogen-bond acceptors (Lipinski definition) is 2. The molecule has 0 atom stereocenters. The summed E-state index contributed by atoms with van der Waals surface area (Å²) in [7, 11) is 0. The topological polar surface area (TPSA) is 45.8 Å². The van der Waals surface area contributed by atoms with Gasteiger partial charge in [-0.3, -0.25) is 4.79 Å². The van der Waals surface area contributed by atoms with E-state index in [4.69, 9.17) is 11.6 Å². The van der Waals surface area contributed by atoms with Gasteiger partial charge in [0.05, 0.1) is 0 Å². The molecule has 0 bridgehead atoms. The van der Waals surface area contributed by atoms with Gasteiger partial charge in [-0.05, 0) is 17.7 Å². The molecule has 0 fully saturated rings. The van der Waals surface area contributed by atoms with Crippen molar-refractivity contribution < 1.29 is 4.79 Å². The largest absolute Gasteiger partial charge is 0.339 e. The maximum absolute atomic E-state index is 10.4. The average Bonchev–Trinajstić information content (AvgIpc) is 2.69. The number of aromatic nitrogens is 2. The van der Waals surface area contributed by atoms with Gasteiger partial charge in [0.1, 0.15) is 0 Å². The van der Waals surface area contributed by atoms with Gasteiger partial charge < -0.3 is 4.98 Å². The van der Waals surface area contributed by atoms with Crippen LogP contribution in [0, 0.1) is 0 Å². The third-order valence-corrected chi connectivity index (χ3v) is 2.32. The van der Waals surface area contributed by atoms with Crippen molar-refractivity contribution in [3.05, 3.63) is 52.6 Å². The van der Waals surface area contributed by atoms with Crippen molar-refractivity contribution in [2.75, 3.05) is 0 Å². The lowest BCUT2D eigenvalue weighted by Gasteiger charge is -1.98. The number of imidazole rings is 1. The minimum absolute atomic E-state index is 0.360. The van der Waals surface area contributed by atoms with Gasteiger partial charge in [0, 0.05) is 23.3 Å². The van der Waals surface area contributed by atoms with E-state index in [9.17, 15) is 4.79 Å². The molecule has 0 saturated heterocycles. The van der Waals surface area contributed by atoms with Gasteiger partial charge >= 0.3 is 0 Å². The highest BCUT2D eigenvalue weighted by Gasteiger charge is 2.00. The number of rotatable bonds is 3. The molecule has 1 aromatic heterocycles. The molecule has 76 valence electrons. The Balaban J connectivity index is 2.14. The minimum Gasteiger partial charge on any atom is -0.339 e. The van der Waals surface area contributed by atoms with Gasteiger partial charge in [-0.25, -0.2) is 4.98 Å². The molecule has 0 aliphatic heterocycles. The second kappa shape index (κ2) is 4.28. The quantitative estimate of drug-likeness (QED) is 0.808. The first-order chi connectivity index (χ1) is 7.28. The summed E-state index contributed by atoms with van der Waals surface area (Å²) < 4.78 is 0. The number of carbonyl (C=O) groups is 1. The fourth-order valence-corrected chi connectivity index (χ4v) is 1.47. The molecular weight excluding hydrogens is 212 g/mol. The maximum atomic E-state index is 10.4. The van der Waals surface area contributed by atoms with Gasteiger partial charge in [0.2, 0.25) is 0 Å². The lowest BCUT2D eigenvalue weighted by atomic mass is 10.1. The maximum Gasteiger partial charge on any atom is 0.185 e. The molecule has 0 spiro atoms. The number of nitrogens with one attached hydrogen (secondary N) is 1. The first-order valence-corrected chi connectivity index (χ1v) is 4.89. The molecule has 0 amide bonds. The molecule has 0 radical (unpaired) electrons. The fourth-order valence-electron chi connectivity index (χ4n) is 1.35. The highest BCUT2D eigenvalue weighted by molar-refractivity contribution is 6.30. The lowest BCUT2D eigenvalue weighted by Crippen LogP contribution is -1.88. The smallest absolute Gasteiger partial charge is 0.185 e. The van der Waals surface area contributed by atoms with Crippen LogP contribution < -0.4 is 0 Å². The molecule has 15 heavy (non-hydrogen) atoms. The normalized spacial score (nSPS) is 10.2. The zero-order valence-corrected chi connectivity index (χ0v) is 8.66. The number of nitrogens with zero attached hydrogens (tertiary/aromatic N) is 1. The number of aromatic amines is 1. The fraction of sp³-hybridized carbons (Fsp3) is 0.0909. The Hall–Kier alpha value is -1.61. The predicted octanol–water partition coefficient (Wildman–Crippen LogP) is 2.47. The van der Waals surface area contributed by atoms with E-state index in [-0.39, 0.29) is 0 Å². The van der Waals surface area contributed by atoms with Crippen molar-refractivity contribution in [3.63, 3.8) is 0 Å². The van der Waals surface area contributed by atoms with Crippen molar-refractivity contribution >= 4 is 17.9 Å². The van der Waals surface area contributed by atoms with Crippen molar-refractivity contribution in [3.8, 4) is 0 Å². The summed E-state index contributed by atoms with van der Waals surface area (Å²) in [6.07, 6.45) is 3.09. The third kappa shape index (κ3) is 2.44. The Labute approximate surface area is 92.1 Å². The van der Waals surface area contributed by atoms with Gasteiger partial charge in [0.25, 0.3) is 0 Å². The van der Waals surface area contributed by atoms with Gasteiger partial charge in [-0.1, -0.05) is 23.7 Å². The van der Waals surface area contributed by atoms with Crippen LogP contribution in [0.15, 0.2) is 30.5 Å². The molecule has 0 aliphatic rings. The molecule has 2 aromatic rings. The number of carbonyl (C=O) groups excluding carboxylic acids is 1. The van der Waals surface area contributed by atoms with Crippen LogP contribution in [0.1, 0.15) is 21.9 Å². The SMILES string of the molecule is O=Cc1ncc(Cc2ccc(Cl)cc2)[nH]1. The van der Waals surface area contributed by atoms with E-state index >= 15 is 0 Å². The number of hydrogen-bond donors (Lipinski definition) is 1. The van der Waals surface area contributed by atoms with Crippen molar-refractivity contribution in [1.82, 2.24) is 9.97 Å². The van der Waals surface area contributed by atoms with Gasteiger partial charge in [0.15, 0.2) is 12.1 Å². The van der Waals surface area contributed by atoms with Crippen LogP contribution in [-0.2, 0) is 6.42 Å². The summed E-state index contributed by atoms with van der Waals surface area (Å²) in [5, 5.41) is 0.719. The lowest BCUT2D eigenvalue weighted by molar-refractivity contribution is 0.111. The number of halogens is 1. The van der Waals surface area contributed by atoms with E-state index in [1.54, 1.807) is 6.20 Å². The van der Waals surface area contributed by atoms with Crippen LogP contribution in [0.4, 0.5) is 0 Å². The molecule has 1 aromatic carbocycles. The summed E-state index contributed by atoms with van der Waals surface area (Å²) in [5.41, 5.74) is 2.04. The first kappa shape index (κ1) is 9.93. The highest BCUT2D eigenvalue weighted by Crippen LogP contribution is 2.12. The Morgan fingerprint density at radius 1 is 1.33 bits per heavy atom. The molecule has 1 heterocycles. The second-order valence-corrected chi connectivity index (χ2v) is 3.65. The van der Waals surface area contributed by atoms with Crippen molar-refractivity contribution in [2.24, 2.45) is 0 Å². The second-order valence-electron chi connectivity index (χ2n) is 3.21. The van der Waals surface area contributed by atoms with Crippen LogP contribution >= 0.6 is 11.6 Å².